The van der Waals surface area contributed by atoms with E-state index < -0.39 is 20.0 Å². The molecule has 134 valence electrons. The number of nitrogens with zero attached hydrogens (tertiary/aromatic N) is 1. The molecule has 1 aromatic carbocycles. The number of hydrogen-bond donors (Lipinski definition) is 2. The highest BCUT2D eigenvalue weighted by molar-refractivity contribution is 7.89. The van der Waals surface area contributed by atoms with E-state index in [9.17, 15) is 16.8 Å². The summed E-state index contributed by atoms with van der Waals surface area (Å²) < 4.78 is 52.9. The Morgan fingerprint density at radius 1 is 1.04 bits per heavy atom. The Kier molecular flexibility index (Phi) is 4.73. The van der Waals surface area contributed by atoms with Crippen molar-refractivity contribution in [3.8, 4) is 0 Å². The first kappa shape index (κ1) is 17.8. The lowest BCUT2D eigenvalue weighted by molar-refractivity contribution is 0.260. The third-order valence-corrected chi connectivity index (χ3v) is 8.44. The molecule has 24 heavy (non-hydrogen) atoms. The van der Waals surface area contributed by atoms with Gasteiger partial charge < -0.3 is 5.73 Å². The fourth-order valence-electron chi connectivity index (χ4n) is 3.73. The van der Waals surface area contributed by atoms with E-state index in [1.807, 2.05) is 0 Å². The van der Waals surface area contributed by atoms with Gasteiger partial charge in [-0.25, -0.2) is 21.6 Å². The first-order valence-corrected chi connectivity index (χ1v) is 11.0. The molecule has 3 rings (SSSR count). The van der Waals surface area contributed by atoms with Crippen LogP contribution in [-0.4, -0.2) is 47.3 Å². The minimum atomic E-state index is -3.63. The van der Waals surface area contributed by atoms with Crippen molar-refractivity contribution >= 4 is 20.0 Å². The van der Waals surface area contributed by atoms with Gasteiger partial charge in [-0.2, -0.15) is 4.31 Å². The molecule has 0 radical (unpaired) electrons. The van der Waals surface area contributed by atoms with Gasteiger partial charge in [0.25, 0.3) is 0 Å². The Balaban J connectivity index is 1.84. The summed E-state index contributed by atoms with van der Waals surface area (Å²) >= 11 is 0. The zero-order valence-electron chi connectivity index (χ0n) is 13.6. The third-order valence-electron chi connectivity index (χ3n) is 5.16. The first-order valence-electron chi connectivity index (χ1n) is 8.05. The van der Waals surface area contributed by atoms with Gasteiger partial charge in [0, 0.05) is 19.1 Å². The molecule has 2 fully saturated rings. The normalized spacial score (nSPS) is 28.7. The molecule has 0 amide bonds. The zero-order valence-corrected chi connectivity index (χ0v) is 15.2. The van der Waals surface area contributed by atoms with Gasteiger partial charge in [0.1, 0.15) is 0 Å². The molecule has 2 aliphatic rings. The van der Waals surface area contributed by atoms with Crippen molar-refractivity contribution in [3.63, 3.8) is 0 Å². The number of fused-ring (bicyclic) bond motifs is 1. The summed E-state index contributed by atoms with van der Waals surface area (Å²) in [4.78, 5) is 0.158. The second kappa shape index (κ2) is 6.38. The van der Waals surface area contributed by atoms with Crippen LogP contribution in [0.15, 0.2) is 34.1 Å². The van der Waals surface area contributed by atoms with Gasteiger partial charge >= 0.3 is 0 Å². The maximum atomic E-state index is 12.8. The van der Waals surface area contributed by atoms with Crippen LogP contribution in [-0.2, 0) is 20.0 Å². The van der Waals surface area contributed by atoms with Crippen molar-refractivity contribution in [2.75, 3.05) is 20.1 Å². The SMILES string of the molecule is CNS(=O)(=O)c1ccc(S(=O)(=O)N2CC3CCCC(N)C3C2)cc1. The Morgan fingerprint density at radius 2 is 1.67 bits per heavy atom. The summed E-state index contributed by atoms with van der Waals surface area (Å²) in [5.74, 6) is 0.546. The van der Waals surface area contributed by atoms with Gasteiger partial charge in [-0.1, -0.05) is 6.42 Å². The molecule has 1 saturated carbocycles. The molecule has 1 saturated heterocycles. The van der Waals surface area contributed by atoms with Gasteiger partial charge in [0.05, 0.1) is 9.79 Å². The second-order valence-corrected chi connectivity index (χ2v) is 10.3. The van der Waals surface area contributed by atoms with Crippen LogP contribution in [0.5, 0.6) is 0 Å². The Labute approximate surface area is 143 Å². The molecule has 0 aromatic heterocycles. The molecule has 1 heterocycles. The van der Waals surface area contributed by atoms with E-state index in [0.717, 1.165) is 19.3 Å². The summed E-state index contributed by atoms with van der Waals surface area (Å²) in [6.07, 6.45) is 3.02. The van der Waals surface area contributed by atoms with Crippen molar-refractivity contribution in [3.05, 3.63) is 24.3 Å². The Morgan fingerprint density at radius 3 is 2.25 bits per heavy atom. The summed E-state index contributed by atoms with van der Waals surface area (Å²) in [5, 5.41) is 0. The number of benzene rings is 1. The molecule has 3 N–H and O–H groups in total. The number of sulfonamides is 2. The molecule has 3 unspecified atom stereocenters. The average Bonchev–Trinajstić information content (AvgIpc) is 3.01. The summed E-state index contributed by atoms with van der Waals surface area (Å²) in [6.45, 7) is 0.946. The Bertz CT molecular complexity index is 806. The largest absolute Gasteiger partial charge is 0.327 e. The number of nitrogens with one attached hydrogen (secondary N) is 1. The van der Waals surface area contributed by atoms with Gasteiger partial charge in [-0.05, 0) is 56.0 Å². The van der Waals surface area contributed by atoms with Crippen LogP contribution >= 0.6 is 0 Å². The van der Waals surface area contributed by atoms with Crippen LogP contribution in [0.4, 0.5) is 0 Å². The van der Waals surface area contributed by atoms with Gasteiger partial charge in [-0.3, -0.25) is 0 Å². The number of rotatable bonds is 4. The second-order valence-electron chi connectivity index (χ2n) is 6.52. The number of nitrogens with two attached hydrogens (primary N) is 1. The monoisotopic (exact) mass is 373 g/mol. The van der Waals surface area contributed by atoms with Crippen LogP contribution in [0.1, 0.15) is 19.3 Å². The quantitative estimate of drug-likeness (QED) is 0.791. The maximum Gasteiger partial charge on any atom is 0.243 e. The van der Waals surface area contributed by atoms with Crippen LogP contribution < -0.4 is 10.5 Å². The molecule has 9 heteroatoms. The van der Waals surface area contributed by atoms with E-state index in [0.29, 0.717) is 19.0 Å². The van der Waals surface area contributed by atoms with E-state index in [2.05, 4.69) is 4.72 Å². The predicted octanol–water partition coefficient (Wildman–Crippen LogP) is 0.343. The Hall–Kier alpha value is -1.00. The highest BCUT2D eigenvalue weighted by Crippen LogP contribution is 2.37. The lowest BCUT2D eigenvalue weighted by Crippen LogP contribution is -2.38. The smallest absolute Gasteiger partial charge is 0.243 e. The standard InChI is InChI=1S/C15H23N3O4S2/c1-17-23(19,20)12-5-7-13(8-6-12)24(21,22)18-9-11-3-2-4-15(16)14(11)10-18/h5-8,11,14-15,17H,2-4,9-10,16H2,1H3. The van der Waals surface area contributed by atoms with Crippen LogP contribution in [0.25, 0.3) is 0 Å². The molecule has 3 atom stereocenters. The molecule has 1 aliphatic heterocycles. The fraction of sp³-hybridized carbons (Fsp3) is 0.600. The van der Waals surface area contributed by atoms with Crippen LogP contribution in [0, 0.1) is 11.8 Å². The molecule has 1 aromatic rings. The third kappa shape index (κ3) is 3.11. The topological polar surface area (TPSA) is 110 Å². The zero-order chi connectivity index (χ0) is 17.5. The predicted molar refractivity (Wildman–Crippen MR) is 90.3 cm³/mol. The van der Waals surface area contributed by atoms with Crippen molar-refractivity contribution < 1.29 is 16.8 Å². The average molecular weight is 374 g/mol. The lowest BCUT2D eigenvalue weighted by Gasteiger charge is -2.29. The summed E-state index contributed by atoms with van der Waals surface area (Å²) in [7, 11) is -5.89. The molecule has 7 nitrogen and oxygen atoms in total. The van der Waals surface area contributed by atoms with Crippen molar-refractivity contribution in [2.24, 2.45) is 17.6 Å². The van der Waals surface area contributed by atoms with Crippen molar-refractivity contribution in [2.45, 2.75) is 35.1 Å². The lowest BCUT2D eigenvalue weighted by atomic mass is 9.78. The van der Waals surface area contributed by atoms with E-state index in [1.165, 1.54) is 35.6 Å². The van der Waals surface area contributed by atoms with Gasteiger partial charge in [0.2, 0.25) is 20.0 Å². The van der Waals surface area contributed by atoms with Gasteiger partial charge in [0.15, 0.2) is 0 Å². The maximum absolute atomic E-state index is 12.8. The van der Waals surface area contributed by atoms with Crippen molar-refractivity contribution in [1.29, 1.82) is 0 Å². The van der Waals surface area contributed by atoms with E-state index in [1.54, 1.807) is 0 Å². The molecule has 0 bridgehead atoms. The van der Waals surface area contributed by atoms with Crippen molar-refractivity contribution in [1.82, 2.24) is 9.03 Å². The first-order chi connectivity index (χ1) is 11.3. The minimum Gasteiger partial charge on any atom is -0.327 e. The van der Waals surface area contributed by atoms with E-state index >= 15 is 0 Å². The van der Waals surface area contributed by atoms with E-state index in [4.69, 9.17) is 5.73 Å². The number of hydrogen-bond acceptors (Lipinski definition) is 5. The van der Waals surface area contributed by atoms with E-state index in [-0.39, 0.29) is 21.8 Å². The summed E-state index contributed by atoms with van der Waals surface area (Å²) in [5.41, 5.74) is 6.15. The van der Waals surface area contributed by atoms with Gasteiger partial charge in [-0.15, -0.1) is 0 Å². The molecule has 0 spiro atoms. The summed E-state index contributed by atoms with van der Waals surface area (Å²) in [6, 6.07) is 5.39. The highest BCUT2D eigenvalue weighted by Gasteiger charge is 2.43. The van der Waals surface area contributed by atoms with Crippen LogP contribution in [0.2, 0.25) is 0 Å². The van der Waals surface area contributed by atoms with Crippen LogP contribution in [0.3, 0.4) is 0 Å². The molecule has 1 aliphatic carbocycles. The fourth-order valence-corrected chi connectivity index (χ4v) is 5.99. The molecular formula is C15H23N3O4S2. The minimum absolute atomic E-state index is 0.0427. The molecular weight excluding hydrogens is 350 g/mol. The highest BCUT2D eigenvalue weighted by atomic mass is 32.2.